The summed E-state index contributed by atoms with van der Waals surface area (Å²) >= 11 is 7.99. The second-order valence-electron chi connectivity index (χ2n) is 13.4. The summed E-state index contributed by atoms with van der Waals surface area (Å²) in [5.41, 5.74) is 0.108. The first-order chi connectivity index (χ1) is 23.0. The number of hydrogen-bond donors (Lipinski definition) is 0. The number of hydrogen-bond acceptors (Lipinski definition) is 5. The summed E-state index contributed by atoms with van der Waals surface area (Å²) in [4.78, 5) is 42.1. The zero-order chi connectivity index (χ0) is 35.7. The van der Waals surface area contributed by atoms with Gasteiger partial charge in [-0.25, -0.2) is 9.18 Å². The highest BCUT2D eigenvalue weighted by Crippen LogP contribution is 2.37. The molecule has 2 amide bonds. The maximum absolute atomic E-state index is 15.4. The fourth-order valence-electron chi connectivity index (χ4n) is 6.08. The summed E-state index contributed by atoms with van der Waals surface area (Å²) in [5, 5.41) is 1.09. The van der Waals surface area contributed by atoms with Gasteiger partial charge in [0, 0.05) is 47.4 Å². The normalized spacial score (nSPS) is 16.8. The summed E-state index contributed by atoms with van der Waals surface area (Å²) in [6.07, 6.45) is -2.50. The highest BCUT2D eigenvalue weighted by Gasteiger charge is 2.39. The SMILES string of the molecule is CN(C(=O)OC(C)(C)C)C1CCC(CN(Cc2cc(-c3ccc(C(=O)C(F)(F)F)cc3)ccc2F)C(=O)c2sc3ccccc3c2Cl)CC1. The Labute approximate surface area is 291 Å². The van der Waals surface area contributed by atoms with Crippen LogP contribution < -0.4 is 0 Å². The van der Waals surface area contributed by atoms with E-state index in [4.69, 9.17) is 16.3 Å². The van der Waals surface area contributed by atoms with Crippen molar-refractivity contribution in [2.24, 2.45) is 5.92 Å². The van der Waals surface area contributed by atoms with E-state index in [0.29, 0.717) is 40.4 Å². The van der Waals surface area contributed by atoms with E-state index >= 15 is 4.39 Å². The molecule has 1 fully saturated rings. The molecule has 49 heavy (non-hydrogen) atoms. The van der Waals surface area contributed by atoms with Crippen molar-refractivity contribution in [2.45, 2.75) is 70.8 Å². The number of benzene rings is 3. The number of alkyl halides is 3. The average Bonchev–Trinajstić information content (AvgIpc) is 3.39. The molecule has 1 aromatic heterocycles. The van der Waals surface area contributed by atoms with Crippen molar-refractivity contribution in [3.63, 3.8) is 0 Å². The molecule has 0 saturated heterocycles. The first-order valence-electron chi connectivity index (χ1n) is 15.9. The van der Waals surface area contributed by atoms with E-state index in [1.54, 1.807) is 22.9 Å². The van der Waals surface area contributed by atoms with Crippen molar-refractivity contribution in [3.05, 3.63) is 93.6 Å². The maximum Gasteiger partial charge on any atom is 0.454 e. The minimum atomic E-state index is -4.99. The Balaban J connectivity index is 1.39. The minimum absolute atomic E-state index is 0.0146. The van der Waals surface area contributed by atoms with Crippen LogP contribution in [0.15, 0.2) is 66.7 Å². The highest BCUT2D eigenvalue weighted by atomic mass is 35.5. The summed E-state index contributed by atoms with van der Waals surface area (Å²) in [6.45, 7) is 5.70. The van der Waals surface area contributed by atoms with Gasteiger partial charge in [-0.2, -0.15) is 13.2 Å². The van der Waals surface area contributed by atoms with Crippen LogP contribution in [-0.4, -0.2) is 59.0 Å². The lowest BCUT2D eigenvalue weighted by Gasteiger charge is -2.37. The number of Topliss-reactive ketones (excluding diaryl/α,β-unsaturated/α-hetero) is 1. The molecule has 5 rings (SSSR count). The van der Waals surface area contributed by atoms with Gasteiger partial charge in [0.25, 0.3) is 11.7 Å². The highest BCUT2D eigenvalue weighted by molar-refractivity contribution is 7.21. The van der Waals surface area contributed by atoms with E-state index in [-0.39, 0.29) is 36.1 Å². The fraction of sp³-hybridized carbons (Fsp3) is 0.378. The van der Waals surface area contributed by atoms with Gasteiger partial charge in [0.15, 0.2) is 0 Å². The second-order valence-corrected chi connectivity index (χ2v) is 14.8. The predicted molar refractivity (Wildman–Crippen MR) is 184 cm³/mol. The van der Waals surface area contributed by atoms with Crippen LogP contribution in [0, 0.1) is 11.7 Å². The van der Waals surface area contributed by atoms with E-state index in [1.807, 2.05) is 45.0 Å². The van der Waals surface area contributed by atoms with Gasteiger partial charge in [-0.05, 0) is 81.7 Å². The molecule has 0 N–H and O–H groups in total. The number of thiophene rings is 1. The molecule has 0 unspecified atom stereocenters. The lowest BCUT2D eigenvalue weighted by molar-refractivity contribution is -0.0885. The maximum atomic E-state index is 15.4. The molecule has 12 heteroatoms. The van der Waals surface area contributed by atoms with Crippen molar-refractivity contribution in [2.75, 3.05) is 13.6 Å². The number of ketones is 1. The van der Waals surface area contributed by atoms with Crippen LogP contribution in [0.4, 0.5) is 22.4 Å². The first kappa shape index (κ1) is 36.3. The molecule has 0 atom stereocenters. The van der Waals surface area contributed by atoms with Gasteiger partial charge in [0.2, 0.25) is 0 Å². The number of carbonyl (C=O) groups excluding carboxylic acids is 3. The average molecular weight is 717 g/mol. The Morgan fingerprint density at radius 1 is 0.918 bits per heavy atom. The van der Waals surface area contributed by atoms with Crippen molar-refractivity contribution in [3.8, 4) is 11.1 Å². The topological polar surface area (TPSA) is 66.9 Å². The zero-order valence-corrected chi connectivity index (χ0v) is 29.1. The van der Waals surface area contributed by atoms with E-state index in [1.165, 1.54) is 35.6 Å². The molecule has 1 saturated carbocycles. The smallest absolute Gasteiger partial charge is 0.444 e. The third kappa shape index (κ3) is 8.62. The molecule has 1 aliphatic rings. The molecule has 0 spiro atoms. The van der Waals surface area contributed by atoms with Crippen LogP contribution in [0.5, 0.6) is 0 Å². The number of nitrogens with zero attached hydrogens (tertiary/aromatic N) is 2. The lowest BCUT2D eigenvalue weighted by atomic mass is 9.85. The number of carbonyl (C=O) groups is 3. The lowest BCUT2D eigenvalue weighted by Crippen LogP contribution is -2.43. The molecule has 1 aliphatic carbocycles. The van der Waals surface area contributed by atoms with Gasteiger partial charge in [-0.15, -0.1) is 11.3 Å². The van der Waals surface area contributed by atoms with Crippen LogP contribution in [0.1, 0.15) is 72.0 Å². The molecule has 0 radical (unpaired) electrons. The van der Waals surface area contributed by atoms with E-state index in [0.717, 1.165) is 35.1 Å². The predicted octanol–water partition coefficient (Wildman–Crippen LogP) is 10.2. The Morgan fingerprint density at radius 2 is 1.55 bits per heavy atom. The van der Waals surface area contributed by atoms with Gasteiger partial charge < -0.3 is 14.5 Å². The second kappa shape index (κ2) is 14.5. The van der Waals surface area contributed by atoms with Gasteiger partial charge in [0.1, 0.15) is 16.3 Å². The van der Waals surface area contributed by atoms with Crippen LogP contribution in [-0.2, 0) is 11.3 Å². The standard InChI is InChI=1S/C37H37ClF4N2O4S/c1-36(2,3)48-35(47)43(4)27-16-9-22(10-17-27)20-44(34(46)32-31(38)28-7-5-6-8-30(28)49-32)21-26-19-25(15-18-29(26)39)23-11-13-24(14-12-23)33(45)37(40,41)42/h5-8,11-15,18-19,22,27H,9-10,16-17,20-21H2,1-4H3. The molecule has 6 nitrogen and oxygen atoms in total. The van der Waals surface area contributed by atoms with Gasteiger partial charge in [-0.1, -0.05) is 60.1 Å². The van der Waals surface area contributed by atoms with Crippen LogP contribution in [0.3, 0.4) is 0 Å². The van der Waals surface area contributed by atoms with Gasteiger partial charge in [0.05, 0.1) is 5.02 Å². The minimum Gasteiger partial charge on any atom is -0.444 e. The fourth-order valence-corrected chi connectivity index (χ4v) is 7.56. The Bertz CT molecular complexity index is 1840. The quantitative estimate of drug-likeness (QED) is 0.135. The Hall–Kier alpha value is -3.96. The summed E-state index contributed by atoms with van der Waals surface area (Å²) < 4.78 is 60.5. The molecular weight excluding hydrogens is 680 g/mol. The van der Waals surface area contributed by atoms with E-state index in [2.05, 4.69) is 0 Å². The van der Waals surface area contributed by atoms with Crippen molar-refractivity contribution in [1.29, 1.82) is 0 Å². The van der Waals surface area contributed by atoms with E-state index < -0.39 is 28.9 Å². The molecule has 0 bridgehead atoms. The van der Waals surface area contributed by atoms with E-state index in [9.17, 15) is 27.6 Å². The number of fused-ring (bicyclic) bond motifs is 1. The van der Waals surface area contributed by atoms with Crippen molar-refractivity contribution >= 4 is 50.8 Å². The zero-order valence-electron chi connectivity index (χ0n) is 27.6. The third-order valence-electron chi connectivity index (χ3n) is 8.69. The van der Waals surface area contributed by atoms with Crippen LogP contribution >= 0.6 is 22.9 Å². The van der Waals surface area contributed by atoms with Crippen molar-refractivity contribution < 1.29 is 36.7 Å². The largest absolute Gasteiger partial charge is 0.454 e. The van der Waals surface area contributed by atoms with Crippen LogP contribution in [0.25, 0.3) is 21.2 Å². The summed E-state index contributed by atoms with van der Waals surface area (Å²) in [5.74, 6) is -2.75. The number of rotatable bonds is 8. The van der Waals surface area contributed by atoms with Crippen LogP contribution in [0.2, 0.25) is 5.02 Å². The first-order valence-corrected chi connectivity index (χ1v) is 17.1. The van der Waals surface area contributed by atoms with Crippen molar-refractivity contribution in [1.82, 2.24) is 9.80 Å². The summed E-state index contributed by atoms with van der Waals surface area (Å²) in [7, 11) is 1.73. The number of amides is 2. The van der Waals surface area contributed by atoms with Gasteiger partial charge >= 0.3 is 12.3 Å². The van der Waals surface area contributed by atoms with Gasteiger partial charge in [-0.3, -0.25) is 9.59 Å². The number of halogens is 5. The molecule has 1 heterocycles. The number of ether oxygens (including phenoxy) is 1. The molecule has 3 aromatic carbocycles. The monoisotopic (exact) mass is 716 g/mol. The Morgan fingerprint density at radius 3 is 2.16 bits per heavy atom. The summed E-state index contributed by atoms with van der Waals surface area (Å²) in [6, 6.07) is 16.7. The third-order valence-corrected chi connectivity index (χ3v) is 10.3. The molecule has 4 aromatic rings. The molecule has 260 valence electrons. The molecular formula is C37H37ClF4N2O4S. The molecule has 0 aliphatic heterocycles. The Kier molecular flexibility index (Phi) is 10.7.